The van der Waals surface area contributed by atoms with Gasteiger partial charge in [0.25, 0.3) is 0 Å². The lowest BCUT2D eigenvalue weighted by molar-refractivity contribution is 0.184. The van der Waals surface area contributed by atoms with Gasteiger partial charge in [-0.3, -0.25) is 0 Å². The molecule has 2 atom stereocenters. The molecule has 1 aromatic carbocycles. The summed E-state index contributed by atoms with van der Waals surface area (Å²) in [6, 6.07) is 10.2. The Morgan fingerprint density at radius 3 is 2.57 bits per heavy atom. The first-order valence-electron chi connectivity index (χ1n) is 7.95. The fraction of sp³-hybridized carbons (Fsp3) is 0.412. The maximum Gasteiger partial charge on any atom is 0.227 e. The zero-order valence-corrected chi connectivity index (χ0v) is 12.8. The molecular weight excluding hydrogens is 292 g/mol. The molecule has 4 rings (SSSR count). The van der Waals surface area contributed by atoms with Crippen molar-refractivity contribution < 1.29 is 10.2 Å². The van der Waals surface area contributed by atoms with Gasteiger partial charge in [-0.1, -0.05) is 24.3 Å². The second-order valence-electron chi connectivity index (χ2n) is 6.22. The molecule has 2 aliphatic rings. The Balaban J connectivity index is 1.58. The second kappa shape index (κ2) is 5.79. The van der Waals surface area contributed by atoms with E-state index in [0.717, 1.165) is 18.9 Å². The summed E-state index contributed by atoms with van der Waals surface area (Å²) in [6.07, 6.45) is 1.87. The Kier molecular flexibility index (Phi) is 3.63. The minimum atomic E-state index is -0.435. The van der Waals surface area contributed by atoms with Crippen LogP contribution in [-0.2, 0) is 13.1 Å². The first-order valence-corrected chi connectivity index (χ1v) is 7.95. The van der Waals surface area contributed by atoms with E-state index in [9.17, 15) is 10.2 Å². The van der Waals surface area contributed by atoms with E-state index >= 15 is 0 Å². The molecule has 3 heterocycles. The average Bonchev–Trinajstić information content (AvgIpc) is 3.18. The van der Waals surface area contributed by atoms with Gasteiger partial charge in [-0.05, 0) is 23.6 Å². The van der Waals surface area contributed by atoms with E-state index in [4.69, 9.17) is 0 Å². The molecular formula is C17H20N4O2. The van der Waals surface area contributed by atoms with Crippen LogP contribution in [0.3, 0.4) is 0 Å². The molecule has 0 spiro atoms. The van der Waals surface area contributed by atoms with Gasteiger partial charge >= 0.3 is 0 Å². The normalized spacial score (nSPS) is 23.4. The van der Waals surface area contributed by atoms with Gasteiger partial charge in [0.15, 0.2) is 0 Å². The van der Waals surface area contributed by atoms with Gasteiger partial charge in [-0.15, -0.1) is 0 Å². The number of aromatic nitrogens is 2. The summed E-state index contributed by atoms with van der Waals surface area (Å²) in [7, 11) is 0. The minimum absolute atomic E-state index is 0.000195. The summed E-state index contributed by atoms with van der Waals surface area (Å²) in [6.45, 7) is 2.16. The van der Waals surface area contributed by atoms with Crippen LogP contribution in [0.15, 0.2) is 36.5 Å². The highest BCUT2D eigenvalue weighted by molar-refractivity contribution is 5.50. The van der Waals surface area contributed by atoms with Crippen LogP contribution in [0.1, 0.15) is 17.5 Å². The molecule has 2 aliphatic heterocycles. The number of aliphatic hydroxyl groups excluding tert-OH is 2. The fourth-order valence-electron chi connectivity index (χ4n) is 3.46. The van der Waals surface area contributed by atoms with Crippen molar-refractivity contribution in [2.24, 2.45) is 0 Å². The Bertz CT molecular complexity index is 683. The lowest BCUT2D eigenvalue weighted by atomic mass is 10.1. The van der Waals surface area contributed by atoms with Crippen molar-refractivity contribution in [1.82, 2.24) is 9.97 Å². The third-order valence-electron chi connectivity index (χ3n) is 4.65. The number of fused-ring (bicyclic) bond motifs is 1. The maximum atomic E-state index is 9.84. The van der Waals surface area contributed by atoms with Gasteiger partial charge in [0.2, 0.25) is 5.95 Å². The molecule has 0 saturated carbocycles. The largest absolute Gasteiger partial charge is 0.394 e. The van der Waals surface area contributed by atoms with Crippen LogP contribution in [0.4, 0.5) is 11.8 Å². The molecule has 6 heteroatoms. The Labute approximate surface area is 135 Å². The molecule has 0 bridgehead atoms. The summed E-state index contributed by atoms with van der Waals surface area (Å²) in [5.41, 5.74) is 2.66. The summed E-state index contributed by atoms with van der Waals surface area (Å²) in [5.74, 6) is 1.46. The molecule has 0 unspecified atom stereocenters. The molecule has 1 fully saturated rings. The van der Waals surface area contributed by atoms with E-state index in [1.165, 1.54) is 11.1 Å². The van der Waals surface area contributed by atoms with Crippen molar-refractivity contribution in [3.63, 3.8) is 0 Å². The van der Waals surface area contributed by atoms with Crippen LogP contribution >= 0.6 is 0 Å². The van der Waals surface area contributed by atoms with Gasteiger partial charge in [0.05, 0.1) is 18.8 Å². The predicted molar refractivity (Wildman–Crippen MR) is 87.2 cm³/mol. The number of hydrogen-bond donors (Lipinski definition) is 2. The molecule has 1 aromatic heterocycles. The first-order chi connectivity index (χ1) is 11.2. The highest BCUT2D eigenvalue weighted by Crippen LogP contribution is 2.29. The topological polar surface area (TPSA) is 72.7 Å². The van der Waals surface area contributed by atoms with Gasteiger partial charge in [-0.2, -0.15) is 4.98 Å². The summed E-state index contributed by atoms with van der Waals surface area (Å²) in [5, 5.41) is 19.3. The monoisotopic (exact) mass is 312 g/mol. The van der Waals surface area contributed by atoms with Crippen LogP contribution in [-0.4, -0.2) is 45.5 Å². The Morgan fingerprint density at radius 1 is 1.13 bits per heavy atom. The third kappa shape index (κ3) is 2.64. The van der Waals surface area contributed by atoms with Crippen molar-refractivity contribution in [3.05, 3.63) is 47.7 Å². The SMILES string of the molecule is OC[C@@H]1C[C@@H](O)CN1c1nccc(N2Cc3ccccc3C2)n1. The molecule has 1 saturated heterocycles. The molecule has 2 aromatic rings. The first kappa shape index (κ1) is 14.4. The predicted octanol–water partition coefficient (Wildman–Crippen LogP) is 0.929. The maximum absolute atomic E-state index is 9.84. The number of benzene rings is 1. The minimum Gasteiger partial charge on any atom is -0.394 e. The van der Waals surface area contributed by atoms with Crippen LogP contribution in [0, 0.1) is 0 Å². The van der Waals surface area contributed by atoms with Crippen molar-refractivity contribution in [2.45, 2.75) is 31.7 Å². The average molecular weight is 312 g/mol. The standard InChI is InChI=1S/C17H20N4O2/c22-11-14-7-15(23)10-21(14)17-18-6-5-16(19-17)20-8-12-3-1-2-4-13(12)9-20/h1-6,14-15,22-23H,7-11H2/t14-,15+/m0/s1. The van der Waals surface area contributed by atoms with Crippen molar-refractivity contribution >= 4 is 11.8 Å². The molecule has 0 radical (unpaired) electrons. The Morgan fingerprint density at radius 2 is 1.87 bits per heavy atom. The summed E-state index contributed by atoms with van der Waals surface area (Å²) < 4.78 is 0. The number of β-amino-alcohol motifs (C(OH)–C–C–N with tert-alkyl or cyclic N) is 1. The highest BCUT2D eigenvalue weighted by atomic mass is 16.3. The molecule has 23 heavy (non-hydrogen) atoms. The van der Waals surface area contributed by atoms with E-state index in [1.54, 1.807) is 6.20 Å². The van der Waals surface area contributed by atoms with Gasteiger partial charge in [-0.25, -0.2) is 4.98 Å². The van der Waals surface area contributed by atoms with Crippen molar-refractivity contribution in [1.29, 1.82) is 0 Å². The second-order valence-corrected chi connectivity index (χ2v) is 6.22. The van der Waals surface area contributed by atoms with Gasteiger partial charge in [0.1, 0.15) is 5.82 Å². The van der Waals surface area contributed by atoms with Crippen LogP contribution in [0.2, 0.25) is 0 Å². The molecule has 2 N–H and O–H groups in total. The quantitative estimate of drug-likeness (QED) is 0.878. The number of nitrogens with zero attached hydrogens (tertiary/aromatic N) is 4. The van der Waals surface area contributed by atoms with Gasteiger partial charge < -0.3 is 20.0 Å². The number of rotatable bonds is 3. The van der Waals surface area contributed by atoms with Crippen LogP contribution < -0.4 is 9.80 Å². The smallest absolute Gasteiger partial charge is 0.227 e. The zero-order chi connectivity index (χ0) is 15.8. The summed E-state index contributed by atoms with van der Waals surface area (Å²) in [4.78, 5) is 13.1. The molecule has 0 amide bonds. The summed E-state index contributed by atoms with van der Waals surface area (Å²) >= 11 is 0. The fourth-order valence-corrected chi connectivity index (χ4v) is 3.46. The Hall–Kier alpha value is -2.18. The molecule has 120 valence electrons. The van der Waals surface area contributed by atoms with E-state index in [1.807, 2.05) is 11.0 Å². The van der Waals surface area contributed by atoms with Crippen molar-refractivity contribution in [2.75, 3.05) is 23.0 Å². The van der Waals surface area contributed by atoms with Crippen molar-refractivity contribution in [3.8, 4) is 0 Å². The van der Waals surface area contributed by atoms with E-state index < -0.39 is 6.10 Å². The van der Waals surface area contributed by atoms with Gasteiger partial charge in [0, 0.05) is 25.8 Å². The third-order valence-corrected chi connectivity index (χ3v) is 4.65. The zero-order valence-electron chi connectivity index (χ0n) is 12.8. The number of aliphatic hydroxyl groups is 2. The molecule has 0 aliphatic carbocycles. The van der Waals surface area contributed by atoms with Crippen LogP contribution in [0.5, 0.6) is 0 Å². The van der Waals surface area contributed by atoms with Crippen LogP contribution in [0.25, 0.3) is 0 Å². The lowest BCUT2D eigenvalue weighted by Crippen LogP contribution is -2.34. The highest BCUT2D eigenvalue weighted by Gasteiger charge is 2.32. The van der Waals surface area contributed by atoms with E-state index in [2.05, 4.69) is 39.1 Å². The lowest BCUT2D eigenvalue weighted by Gasteiger charge is -2.24. The molecule has 6 nitrogen and oxygen atoms in total. The number of hydrogen-bond acceptors (Lipinski definition) is 6. The number of anilines is 2. The van der Waals surface area contributed by atoms with E-state index in [0.29, 0.717) is 18.9 Å². The van der Waals surface area contributed by atoms with E-state index in [-0.39, 0.29) is 12.6 Å².